The summed E-state index contributed by atoms with van der Waals surface area (Å²) in [4.78, 5) is 0. The average Bonchev–Trinajstić information content (AvgIpc) is 3.39. The summed E-state index contributed by atoms with van der Waals surface area (Å²) in [7, 11) is 0. The first-order valence-corrected chi connectivity index (χ1v) is 11.2. The Morgan fingerprint density at radius 1 is 1.14 bits per heavy atom. The largest absolute Gasteiger partial charge is 0.299 e. The lowest BCUT2D eigenvalue weighted by Gasteiger charge is -2.18. The molecule has 1 aromatic heterocycles. The zero-order chi connectivity index (χ0) is 20.2. The van der Waals surface area contributed by atoms with Gasteiger partial charge in [-0.15, -0.1) is 10.2 Å². The molecular weight excluding hydrogens is 400 g/mol. The number of aryl methyl sites for hydroxylation is 1. The van der Waals surface area contributed by atoms with Gasteiger partial charge < -0.3 is 0 Å². The van der Waals surface area contributed by atoms with Crippen LogP contribution in [-0.2, 0) is 6.42 Å². The zero-order valence-electron chi connectivity index (χ0n) is 16.4. The van der Waals surface area contributed by atoms with E-state index in [1.54, 1.807) is 0 Å². The topological polar surface area (TPSA) is 54.5 Å². The average molecular weight is 423 g/mol. The predicted molar refractivity (Wildman–Crippen MR) is 118 cm³/mol. The van der Waals surface area contributed by atoms with Crippen molar-refractivity contribution < 1.29 is 0 Å². The van der Waals surface area contributed by atoms with E-state index in [0.29, 0.717) is 17.5 Å². The molecule has 1 aliphatic carbocycles. The fourth-order valence-electron chi connectivity index (χ4n) is 3.85. The van der Waals surface area contributed by atoms with Crippen LogP contribution in [0.4, 0.5) is 0 Å². The second-order valence-electron chi connectivity index (χ2n) is 7.52. The van der Waals surface area contributed by atoms with E-state index in [-0.39, 0.29) is 5.25 Å². The van der Waals surface area contributed by atoms with Crippen LogP contribution in [0.15, 0.2) is 53.7 Å². The summed E-state index contributed by atoms with van der Waals surface area (Å²) >= 11 is 7.97. The van der Waals surface area contributed by atoms with Gasteiger partial charge in [-0.2, -0.15) is 5.26 Å². The Labute approximate surface area is 180 Å². The van der Waals surface area contributed by atoms with Crippen molar-refractivity contribution in [3.8, 4) is 17.5 Å². The van der Waals surface area contributed by atoms with Gasteiger partial charge in [0.1, 0.15) is 5.25 Å². The van der Waals surface area contributed by atoms with Crippen LogP contribution in [0.3, 0.4) is 0 Å². The second-order valence-corrected chi connectivity index (χ2v) is 9.10. The van der Waals surface area contributed by atoms with E-state index in [9.17, 15) is 5.26 Å². The van der Waals surface area contributed by atoms with Crippen molar-refractivity contribution in [3.63, 3.8) is 0 Å². The van der Waals surface area contributed by atoms with Gasteiger partial charge >= 0.3 is 0 Å². The van der Waals surface area contributed by atoms with Crippen molar-refractivity contribution in [1.82, 2.24) is 14.8 Å². The monoisotopic (exact) mass is 422 g/mol. The highest BCUT2D eigenvalue weighted by Crippen LogP contribution is 2.39. The predicted octanol–water partition coefficient (Wildman–Crippen LogP) is 6.25. The smallest absolute Gasteiger partial charge is 0.193 e. The lowest BCUT2D eigenvalue weighted by atomic mass is 10.1. The number of hydrogen-bond acceptors (Lipinski definition) is 4. The molecule has 148 valence electrons. The molecule has 1 saturated carbocycles. The molecule has 2 aromatic carbocycles. The molecule has 1 aliphatic rings. The number of rotatable bonds is 6. The summed E-state index contributed by atoms with van der Waals surface area (Å²) < 4.78 is 2.22. The van der Waals surface area contributed by atoms with Gasteiger partial charge in [0.25, 0.3) is 0 Å². The van der Waals surface area contributed by atoms with E-state index >= 15 is 0 Å². The van der Waals surface area contributed by atoms with Gasteiger partial charge in [-0.1, -0.05) is 78.2 Å². The van der Waals surface area contributed by atoms with Crippen molar-refractivity contribution in [1.29, 1.82) is 5.26 Å². The van der Waals surface area contributed by atoms with Gasteiger partial charge in [-0.25, -0.2) is 0 Å². The van der Waals surface area contributed by atoms with Crippen molar-refractivity contribution >= 4 is 23.4 Å². The number of nitrogens with zero attached hydrogens (tertiary/aromatic N) is 4. The van der Waals surface area contributed by atoms with Crippen molar-refractivity contribution in [2.75, 3.05) is 0 Å². The molecule has 0 amide bonds. The summed E-state index contributed by atoms with van der Waals surface area (Å²) in [5.41, 5.74) is 3.28. The van der Waals surface area contributed by atoms with Crippen molar-refractivity contribution in [3.05, 3.63) is 64.7 Å². The molecule has 1 unspecified atom stereocenters. The Kier molecular flexibility index (Phi) is 6.22. The molecule has 0 bridgehead atoms. The summed E-state index contributed by atoms with van der Waals surface area (Å²) in [5.74, 6) is 0.803. The lowest BCUT2D eigenvalue weighted by Crippen LogP contribution is -2.11. The third-order valence-corrected chi connectivity index (χ3v) is 6.78. The maximum absolute atomic E-state index is 9.78. The molecule has 4 rings (SSSR count). The Hall–Kier alpha value is -2.29. The van der Waals surface area contributed by atoms with E-state index in [4.69, 9.17) is 11.6 Å². The SMILES string of the molecule is Cc1ccc(CC(C#N)Sc2nnc(-c3ccccc3Cl)n2C2CCCC2)cc1. The first-order chi connectivity index (χ1) is 14.2. The van der Waals surface area contributed by atoms with Gasteiger partial charge in [-0.3, -0.25) is 4.57 Å². The standard InChI is InChI=1S/C23H23ClN4S/c1-16-10-12-17(13-11-16)14-19(15-25)29-23-27-26-22(20-8-4-5-9-21(20)24)28(23)18-6-2-3-7-18/h4-5,8-13,18-19H,2-3,6-7,14H2,1H3. The maximum Gasteiger partial charge on any atom is 0.193 e. The van der Waals surface area contributed by atoms with Gasteiger partial charge in [-0.05, 0) is 43.9 Å². The third kappa shape index (κ3) is 4.49. The Morgan fingerprint density at radius 2 is 1.86 bits per heavy atom. The summed E-state index contributed by atoms with van der Waals surface area (Å²) in [6, 6.07) is 18.9. The number of nitriles is 1. The molecule has 6 heteroatoms. The highest BCUT2D eigenvalue weighted by atomic mass is 35.5. The molecular formula is C23H23ClN4S. The molecule has 1 heterocycles. The fraction of sp³-hybridized carbons (Fsp3) is 0.348. The third-order valence-electron chi connectivity index (χ3n) is 5.40. The molecule has 0 spiro atoms. The molecule has 4 nitrogen and oxygen atoms in total. The highest BCUT2D eigenvalue weighted by Gasteiger charge is 2.27. The van der Waals surface area contributed by atoms with Gasteiger partial charge in [0, 0.05) is 11.6 Å². The van der Waals surface area contributed by atoms with Crippen LogP contribution in [0, 0.1) is 18.3 Å². The van der Waals surface area contributed by atoms with Crippen LogP contribution in [0.5, 0.6) is 0 Å². The summed E-state index contributed by atoms with van der Waals surface area (Å²) in [6.07, 6.45) is 5.32. The van der Waals surface area contributed by atoms with E-state index in [0.717, 1.165) is 34.9 Å². The molecule has 1 atom stereocenters. The van der Waals surface area contributed by atoms with Crippen LogP contribution in [-0.4, -0.2) is 20.0 Å². The molecule has 1 fully saturated rings. The van der Waals surface area contributed by atoms with E-state index in [2.05, 4.69) is 52.0 Å². The molecule has 29 heavy (non-hydrogen) atoms. The van der Waals surface area contributed by atoms with Crippen LogP contribution in [0.1, 0.15) is 42.9 Å². The van der Waals surface area contributed by atoms with Crippen LogP contribution >= 0.6 is 23.4 Å². The van der Waals surface area contributed by atoms with Crippen molar-refractivity contribution in [2.45, 2.75) is 55.5 Å². The molecule has 0 aliphatic heterocycles. The second kappa shape index (κ2) is 9.02. The molecule has 0 saturated heterocycles. The molecule has 0 radical (unpaired) electrons. The quantitative estimate of drug-likeness (QED) is 0.440. The van der Waals surface area contributed by atoms with Crippen LogP contribution in [0.2, 0.25) is 5.02 Å². The van der Waals surface area contributed by atoms with E-state index in [1.807, 2.05) is 24.3 Å². The lowest BCUT2D eigenvalue weighted by molar-refractivity contribution is 0.485. The normalized spacial score (nSPS) is 15.3. The Balaban J connectivity index is 1.65. The molecule has 0 N–H and O–H groups in total. The number of hydrogen-bond donors (Lipinski definition) is 0. The fourth-order valence-corrected chi connectivity index (χ4v) is 5.09. The summed E-state index contributed by atoms with van der Waals surface area (Å²) in [6.45, 7) is 2.07. The molecule has 3 aromatic rings. The van der Waals surface area contributed by atoms with E-state index < -0.39 is 0 Å². The number of aromatic nitrogens is 3. The van der Waals surface area contributed by atoms with Gasteiger partial charge in [0.05, 0.1) is 11.1 Å². The zero-order valence-corrected chi connectivity index (χ0v) is 18.0. The summed E-state index contributed by atoms with van der Waals surface area (Å²) in [5, 5.41) is 20.0. The minimum atomic E-state index is -0.221. The first-order valence-electron chi connectivity index (χ1n) is 9.97. The minimum Gasteiger partial charge on any atom is -0.299 e. The van der Waals surface area contributed by atoms with Crippen LogP contribution < -0.4 is 0 Å². The number of halogens is 1. The van der Waals surface area contributed by atoms with Crippen molar-refractivity contribution in [2.24, 2.45) is 0 Å². The van der Waals surface area contributed by atoms with E-state index in [1.165, 1.54) is 30.2 Å². The van der Waals surface area contributed by atoms with Gasteiger partial charge in [0.15, 0.2) is 11.0 Å². The van der Waals surface area contributed by atoms with Crippen LogP contribution in [0.25, 0.3) is 11.4 Å². The Morgan fingerprint density at radius 3 is 2.55 bits per heavy atom. The maximum atomic E-state index is 9.78. The minimum absolute atomic E-state index is 0.221. The van der Waals surface area contributed by atoms with Gasteiger partial charge in [0.2, 0.25) is 0 Å². The first kappa shape index (κ1) is 20.0. The number of benzene rings is 2. The number of thioether (sulfide) groups is 1. The highest BCUT2D eigenvalue weighted by molar-refractivity contribution is 8.00. The Bertz CT molecular complexity index is 1020.